The summed E-state index contributed by atoms with van der Waals surface area (Å²) in [6, 6.07) is 15.2. The summed E-state index contributed by atoms with van der Waals surface area (Å²) < 4.78 is 18.9. The van der Waals surface area contributed by atoms with E-state index < -0.39 is 22.6 Å². The third-order valence-corrected chi connectivity index (χ3v) is 5.04. The Labute approximate surface area is 196 Å². The lowest BCUT2D eigenvalue weighted by molar-refractivity contribution is -0.384. The summed E-state index contributed by atoms with van der Waals surface area (Å²) in [5, 5.41) is 16.0. The van der Waals surface area contributed by atoms with E-state index in [-0.39, 0.29) is 16.9 Å². The standard InChI is InChI=1S/C23H17BrFN3O5/c1-33-21-11-4-15(13-19(21)24)22(29)27-20(12-14-2-9-18(10-3-14)28(31)32)23(30)26-17-7-5-16(25)6-8-17/h2-13H,1H3,(H,26,30)(H,27,29)/b20-12-. The Balaban J connectivity index is 1.90. The Morgan fingerprint density at radius 2 is 1.73 bits per heavy atom. The van der Waals surface area contributed by atoms with Gasteiger partial charge in [-0.05, 0) is 82.2 Å². The van der Waals surface area contributed by atoms with Gasteiger partial charge in [0.2, 0.25) is 0 Å². The molecule has 8 nitrogen and oxygen atoms in total. The molecule has 0 saturated heterocycles. The minimum Gasteiger partial charge on any atom is -0.496 e. The van der Waals surface area contributed by atoms with Gasteiger partial charge >= 0.3 is 0 Å². The molecule has 2 amide bonds. The molecule has 0 radical (unpaired) electrons. The average Bonchev–Trinajstić information content (AvgIpc) is 2.80. The van der Waals surface area contributed by atoms with E-state index in [1.165, 1.54) is 73.8 Å². The molecule has 0 aliphatic heterocycles. The van der Waals surface area contributed by atoms with Crippen LogP contribution in [0.4, 0.5) is 15.8 Å². The van der Waals surface area contributed by atoms with Crippen LogP contribution in [0.3, 0.4) is 0 Å². The van der Waals surface area contributed by atoms with Crippen LogP contribution in [0.15, 0.2) is 76.9 Å². The SMILES string of the molecule is COc1ccc(C(=O)N/C(=C\c2ccc([N+](=O)[O-])cc2)C(=O)Nc2ccc(F)cc2)cc1Br. The quantitative estimate of drug-likeness (QED) is 0.264. The van der Waals surface area contributed by atoms with E-state index in [0.717, 1.165) is 0 Å². The van der Waals surface area contributed by atoms with E-state index in [0.29, 0.717) is 21.5 Å². The number of rotatable bonds is 7. The first-order valence-electron chi connectivity index (χ1n) is 9.45. The number of carbonyl (C=O) groups is 2. The molecular formula is C23H17BrFN3O5. The number of nitrogens with zero attached hydrogens (tertiary/aromatic N) is 1. The largest absolute Gasteiger partial charge is 0.496 e. The number of carbonyl (C=O) groups excluding carboxylic acids is 2. The summed E-state index contributed by atoms with van der Waals surface area (Å²) in [7, 11) is 1.49. The monoisotopic (exact) mass is 513 g/mol. The molecule has 0 heterocycles. The Morgan fingerprint density at radius 3 is 2.30 bits per heavy atom. The molecule has 0 atom stereocenters. The zero-order chi connectivity index (χ0) is 24.0. The summed E-state index contributed by atoms with van der Waals surface area (Å²) in [5.74, 6) is -1.17. The molecule has 0 aliphatic rings. The molecule has 0 unspecified atom stereocenters. The molecular weight excluding hydrogens is 497 g/mol. The minimum atomic E-state index is -0.666. The number of nitrogens with one attached hydrogen (secondary N) is 2. The molecule has 3 aromatic carbocycles. The third kappa shape index (κ3) is 6.23. The van der Waals surface area contributed by atoms with E-state index >= 15 is 0 Å². The van der Waals surface area contributed by atoms with Gasteiger partial charge in [0.05, 0.1) is 16.5 Å². The lowest BCUT2D eigenvalue weighted by Crippen LogP contribution is -2.30. The fraction of sp³-hybridized carbons (Fsp3) is 0.0435. The predicted octanol–water partition coefficient (Wildman–Crippen LogP) is 4.91. The average molecular weight is 514 g/mol. The molecule has 3 rings (SSSR count). The topological polar surface area (TPSA) is 111 Å². The lowest BCUT2D eigenvalue weighted by atomic mass is 10.1. The maximum absolute atomic E-state index is 13.2. The number of non-ortho nitro benzene ring substituents is 1. The fourth-order valence-corrected chi connectivity index (χ4v) is 3.29. The number of methoxy groups -OCH3 is 1. The molecule has 0 spiro atoms. The van der Waals surface area contributed by atoms with Gasteiger partial charge in [0.1, 0.15) is 17.3 Å². The van der Waals surface area contributed by atoms with E-state index in [2.05, 4.69) is 26.6 Å². The van der Waals surface area contributed by atoms with Crippen LogP contribution in [0.5, 0.6) is 5.75 Å². The van der Waals surface area contributed by atoms with Gasteiger partial charge in [-0.3, -0.25) is 19.7 Å². The highest BCUT2D eigenvalue weighted by molar-refractivity contribution is 9.10. The normalized spacial score (nSPS) is 10.9. The van der Waals surface area contributed by atoms with Crippen molar-refractivity contribution in [3.8, 4) is 5.75 Å². The summed E-state index contributed by atoms with van der Waals surface area (Å²) >= 11 is 3.31. The molecule has 0 fully saturated rings. The van der Waals surface area contributed by atoms with Crippen molar-refractivity contribution in [2.45, 2.75) is 0 Å². The molecule has 2 N–H and O–H groups in total. The number of anilines is 1. The molecule has 168 valence electrons. The summed E-state index contributed by atoms with van der Waals surface area (Å²) in [5.41, 5.74) is 0.784. The summed E-state index contributed by atoms with van der Waals surface area (Å²) in [6.07, 6.45) is 1.37. The molecule has 0 saturated carbocycles. The van der Waals surface area contributed by atoms with Crippen molar-refractivity contribution in [3.63, 3.8) is 0 Å². The van der Waals surface area contributed by atoms with E-state index in [4.69, 9.17) is 4.74 Å². The van der Waals surface area contributed by atoms with Crippen molar-refractivity contribution in [3.05, 3.63) is 104 Å². The number of amides is 2. The zero-order valence-corrected chi connectivity index (χ0v) is 18.8. The van der Waals surface area contributed by atoms with Gasteiger partial charge in [-0.25, -0.2) is 4.39 Å². The second-order valence-electron chi connectivity index (χ2n) is 6.67. The first kappa shape index (κ1) is 23.6. The van der Waals surface area contributed by atoms with Crippen molar-refractivity contribution in [2.24, 2.45) is 0 Å². The second kappa shape index (κ2) is 10.5. The molecule has 3 aromatic rings. The van der Waals surface area contributed by atoms with Crippen molar-refractivity contribution < 1.29 is 23.6 Å². The number of halogens is 2. The van der Waals surface area contributed by atoms with E-state index in [9.17, 15) is 24.1 Å². The Morgan fingerprint density at radius 1 is 1.06 bits per heavy atom. The minimum absolute atomic E-state index is 0.114. The molecule has 10 heteroatoms. The number of nitro benzene ring substituents is 1. The maximum Gasteiger partial charge on any atom is 0.272 e. The Hall–Kier alpha value is -4.05. The molecule has 0 aliphatic carbocycles. The van der Waals surface area contributed by atoms with Crippen LogP contribution in [-0.4, -0.2) is 23.8 Å². The number of benzene rings is 3. The smallest absolute Gasteiger partial charge is 0.272 e. The highest BCUT2D eigenvalue weighted by Gasteiger charge is 2.17. The fourth-order valence-electron chi connectivity index (χ4n) is 2.75. The Bertz CT molecular complexity index is 1230. The van der Waals surface area contributed by atoms with Crippen molar-refractivity contribution in [1.82, 2.24) is 5.32 Å². The van der Waals surface area contributed by atoms with Gasteiger partial charge in [-0.1, -0.05) is 0 Å². The van der Waals surface area contributed by atoms with Gasteiger partial charge in [0.15, 0.2) is 0 Å². The van der Waals surface area contributed by atoms with Gasteiger partial charge < -0.3 is 15.4 Å². The summed E-state index contributed by atoms with van der Waals surface area (Å²) in [6.45, 7) is 0. The van der Waals surface area contributed by atoms with Gasteiger partial charge in [0, 0.05) is 23.4 Å². The number of ether oxygens (including phenoxy) is 1. The molecule has 0 aromatic heterocycles. The second-order valence-corrected chi connectivity index (χ2v) is 7.53. The zero-order valence-electron chi connectivity index (χ0n) is 17.2. The number of nitro groups is 1. The first-order valence-corrected chi connectivity index (χ1v) is 10.2. The number of hydrogen-bond donors (Lipinski definition) is 2. The van der Waals surface area contributed by atoms with Crippen LogP contribution in [0.1, 0.15) is 15.9 Å². The van der Waals surface area contributed by atoms with Gasteiger partial charge in [-0.15, -0.1) is 0 Å². The van der Waals surface area contributed by atoms with Crippen molar-refractivity contribution in [2.75, 3.05) is 12.4 Å². The van der Waals surface area contributed by atoms with Crippen LogP contribution < -0.4 is 15.4 Å². The van der Waals surface area contributed by atoms with Gasteiger partial charge in [0.25, 0.3) is 17.5 Å². The van der Waals surface area contributed by atoms with Crippen LogP contribution in [0.2, 0.25) is 0 Å². The van der Waals surface area contributed by atoms with Gasteiger partial charge in [-0.2, -0.15) is 0 Å². The third-order valence-electron chi connectivity index (χ3n) is 4.42. The van der Waals surface area contributed by atoms with Crippen molar-refractivity contribution >= 4 is 45.2 Å². The Kier molecular flexibility index (Phi) is 7.52. The first-order chi connectivity index (χ1) is 15.8. The van der Waals surface area contributed by atoms with E-state index in [1.54, 1.807) is 6.07 Å². The van der Waals surface area contributed by atoms with Crippen molar-refractivity contribution in [1.29, 1.82) is 0 Å². The van der Waals surface area contributed by atoms with Crippen LogP contribution in [-0.2, 0) is 4.79 Å². The summed E-state index contributed by atoms with van der Waals surface area (Å²) in [4.78, 5) is 36.0. The number of hydrogen-bond acceptors (Lipinski definition) is 5. The van der Waals surface area contributed by atoms with E-state index in [1.807, 2.05) is 0 Å². The van der Waals surface area contributed by atoms with Crippen LogP contribution in [0, 0.1) is 15.9 Å². The highest BCUT2D eigenvalue weighted by atomic mass is 79.9. The maximum atomic E-state index is 13.2. The van der Waals surface area contributed by atoms with Crippen LogP contribution >= 0.6 is 15.9 Å². The molecule has 33 heavy (non-hydrogen) atoms. The molecule has 0 bridgehead atoms. The van der Waals surface area contributed by atoms with Crippen LogP contribution in [0.25, 0.3) is 6.08 Å². The predicted molar refractivity (Wildman–Crippen MR) is 124 cm³/mol. The highest BCUT2D eigenvalue weighted by Crippen LogP contribution is 2.25. The lowest BCUT2D eigenvalue weighted by Gasteiger charge is -2.12.